The van der Waals surface area contributed by atoms with E-state index in [1.165, 1.54) is 0 Å². The summed E-state index contributed by atoms with van der Waals surface area (Å²) in [6.45, 7) is 0. The summed E-state index contributed by atoms with van der Waals surface area (Å²) in [6.07, 6.45) is 1.55. The molecule has 0 atom stereocenters. The molecule has 3 heteroatoms. The molecule has 0 bridgehead atoms. The number of carboxylic acids is 1. The summed E-state index contributed by atoms with van der Waals surface area (Å²) in [5.74, 6) is -1.15. The van der Waals surface area contributed by atoms with Crippen LogP contribution in [-0.2, 0) is 4.79 Å². The summed E-state index contributed by atoms with van der Waals surface area (Å²) in [5.41, 5.74) is 1.47. The predicted molar refractivity (Wildman–Crippen MR) is 51.0 cm³/mol. The second-order valence-corrected chi connectivity index (χ2v) is 3.16. The Hall–Kier alpha value is -1.90. The van der Waals surface area contributed by atoms with Crippen LogP contribution in [0, 0.1) is 0 Å². The molecule has 0 aromatic heterocycles. The van der Waals surface area contributed by atoms with E-state index < -0.39 is 5.97 Å². The van der Waals surface area contributed by atoms with Crippen LogP contribution in [0.25, 0.3) is 6.08 Å². The Kier molecular flexibility index (Phi) is 1.93. The summed E-state index contributed by atoms with van der Waals surface area (Å²) < 4.78 is 0. The zero-order valence-corrected chi connectivity index (χ0v) is 7.36. The first kappa shape index (κ1) is 8.69. The van der Waals surface area contributed by atoms with E-state index in [9.17, 15) is 9.59 Å². The highest BCUT2D eigenvalue weighted by Crippen LogP contribution is 2.23. The number of carbonyl (C=O) groups is 2. The second-order valence-electron chi connectivity index (χ2n) is 3.16. The number of aliphatic carboxylic acids is 1. The van der Waals surface area contributed by atoms with Crippen LogP contribution in [0.4, 0.5) is 0 Å². The molecule has 1 aromatic rings. The molecule has 3 nitrogen and oxygen atoms in total. The fraction of sp³-hybridized carbons (Fsp3) is 0.0909. The standard InChI is InChI=1S/C11H8O3/c12-10-6-8(11(13)14)5-7-3-1-2-4-9(7)10/h1-5H,6H2,(H,13,14). The van der Waals surface area contributed by atoms with Gasteiger partial charge in [0.25, 0.3) is 0 Å². The van der Waals surface area contributed by atoms with Gasteiger partial charge in [-0.25, -0.2) is 4.79 Å². The van der Waals surface area contributed by atoms with Crippen molar-refractivity contribution in [2.45, 2.75) is 6.42 Å². The highest BCUT2D eigenvalue weighted by Gasteiger charge is 2.21. The average Bonchev–Trinajstić information content (AvgIpc) is 2.17. The van der Waals surface area contributed by atoms with Crippen LogP contribution in [0.1, 0.15) is 22.3 Å². The molecule has 0 saturated carbocycles. The molecular weight excluding hydrogens is 180 g/mol. The van der Waals surface area contributed by atoms with Crippen molar-refractivity contribution in [2.75, 3.05) is 0 Å². The van der Waals surface area contributed by atoms with Gasteiger partial charge in [-0.3, -0.25) is 4.79 Å². The Bertz CT molecular complexity index is 444. The third-order valence-corrected chi connectivity index (χ3v) is 2.22. The number of carboxylic acid groups (broad SMARTS) is 1. The molecule has 0 saturated heterocycles. The molecule has 1 aliphatic carbocycles. The minimum Gasteiger partial charge on any atom is -0.478 e. The van der Waals surface area contributed by atoms with E-state index in [1.54, 1.807) is 30.3 Å². The molecule has 0 spiro atoms. The molecule has 2 rings (SSSR count). The highest BCUT2D eigenvalue weighted by atomic mass is 16.4. The number of Topliss-reactive ketones (excluding diaryl/α,β-unsaturated/α-hetero) is 1. The number of hydrogen-bond donors (Lipinski definition) is 1. The summed E-state index contributed by atoms with van der Waals surface area (Å²) in [6, 6.07) is 7.02. The van der Waals surface area contributed by atoms with Crippen LogP contribution >= 0.6 is 0 Å². The summed E-state index contributed by atoms with van der Waals surface area (Å²) >= 11 is 0. The monoisotopic (exact) mass is 188 g/mol. The van der Waals surface area contributed by atoms with Gasteiger partial charge in [-0.05, 0) is 11.6 Å². The zero-order valence-electron chi connectivity index (χ0n) is 7.36. The van der Waals surface area contributed by atoms with Crippen molar-refractivity contribution in [3.8, 4) is 0 Å². The summed E-state index contributed by atoms with van der Waals surface area (Å²) in [7, 11) is 0. The van der Waals surface area contributed by atoms with E-state index >= 15 is 0 Å². The van der Waals surface area contributed by atoms with E-state index in [4.69, 9.17) is 5.11 Å². The van der Waals surface area contributed by atoms with Crippen molar-refractivity contribution >= 4 is 17.8 Å². The maximum absolute atomic E-state index is 11.5. The third-order valence-electron chi connectivity index (χ3n) is 2.22. The number of rotatable bonds is 1. The lowest BCUT2D eigenvalue weighted by atomic mass is 9.91. The molecule has 14 heavy (non-hydrogen) atoms. The van der Waals surface area contributed by atoms with Crippen LogP contribution in [0.15, 0.2) is 29.8 Å². The van der Waals surface area contributed by atoms with Crippen LogP contribution in [-0.4, -0.2) is 16.9 Å². The third kappa shape index (κ3) is 1.33. The van der Waals surface area contributed by atoms with Crippen molar-refractivity contribution in [1.82, 2.24) is 0 Å². The summed E-state index contributed by atoms with van der Waals surface area (Å²) in [4.78, 5) is 22.2. The predicted octanol–water partition coefficient (Wildman–Crippen LogP) is 1.74. The number of benzene rings is 1. The minimum absolute atomic E-state index is 0.00759. The van der Waals surface area contributed by atoms with Gasteiger partial charge in [0.15, 0.2) is 5.78 Å². The van der Waals surface area contributed by atoms with Crippen LogP contribution in [0.3, 0.4) is 0 Å². The van der Waals surface area contributed by atoms with E-state index in [2.05, 4.69) is 0 Å². The molecule has 1 N–H and O–H groups in total. The molecule has 0 radical (unpaired) electrons. The molecule has 70 valence electrons. The smallest absolute Gasteiger partial charge is 0.332 e. The van der Waals surface area contributed by atoms with Crippen LogP contribution in [0.2, 0.25) is 0 Å². The largest absolute Gasteiger partial charge is 0.478 e. The normalized spacial score (nSPS) is 14.6. The number of hydrogen-bond acceptors (Lipinski definition) is 2. The molecule has 0 aliphatic heterocycles. The quantitative estimate of drug-likeness (QED) is 0.730. The minimum atomic E-state index is -1.02. The van der Waals surface area contributed by atoms with Gasteiger partial charge in [-0.15, -0.1) is 0 Å². The fourth-order valence-electron chi connectivity index (χ4n) is 1.52. The fourth-order valence-corrected chi connectivity index (χ4v) is 1.52. The Balaban J connectivity index is 2.56. The van der Waals surface area contributed by atoms with Crippen molar-refractivity contribution in [2.24, 2.45) is 0 Å². The van der Waals surface area contributed by atoms with Gasteiger partial charge in [0, 0.05) is 17.6 Å². The molecule has 0 fully saturated rings. The van der Waals surface area contributed by atoms with Gasteiger partial charge in [0.1, 0.15) is 0 Å². The van der Waals surface area contributed by atoms with Gasteiger partial charge in [0.05, 0.1) is 0 Å². The average molecular weight is 188 g/mol. The van der Waals surface area contributed by atoms with E-state index in [0.717, 1.165) is 0 Å². The maximum atomic E-state index is 11.5. The van der Waals surface area contributed by atoms with Gasteiger partial charge >= 0.3 is 5.97 Å². The highest BCUT2D eigenvalue weighted by molar-refractivity contribution is 6.10. The van der Waals surface area contributed by atoms with E-state index in [-0.39, 0.29) is 17.8 Å². The first-order valence-corrected chi connectivity index (χ1v) is 4.24. The summed E-state index contributed by atoms with van der Waals surface area (Å²) in [5, 5.41) is 8.76. The Morgan fingerprint density at radius 1 is 1.29 bits per heavy atom. The Morgan fingerprint density at radius 2 is 2.00 bits per heavy atom. The molecule has 0 amide bonds. The zero-order chi connectivity index (χ0) is 10.1. The second kappa shape index (κ2) is 3.10. The first-order valence-electron chi connectivity index (χ1n) is 4.24. The Labute approximate surface area is 80.7 Å². The molecule has 0 unspecified atom stereocenters. The molecular formula is C11H8O3. The lowest BCUT2D eigenvalue weighted by Crippen LogP contribution is -2.13. The SMILES string of the molecule is O=C(O)C1=Cc2ccccc2C(=O)C1. The van der Waals surface area contributed by atoms with Crippen molar-refractivity contribution in [3.05, 3.63) is 41.0 Å². The maximum Gasteiger partial charge on any atom is 0.332 e. The van der Waals surface area contributed by atoms with Crippen molar-refractivity contribution < 1.29 is 14.7 Å². The number of fused-ring (bicyclic) bond motifs is 1. The van der Waals surface area contributed by atoms with Gasteiger partial charge in [0.2, 0.25) is 0 Å². The van der Waals surface area contributed by atoms with Crippen molar-refractivity contribution in [3.63, 3.8) is 0 Å². The van der Waals surface area contributed by atoms with Crippen LogP contribution in [0.5, 0.6) is 0 Å². The van der Waals surface area contributed by atoms with Gasteiger partial charge < -0.3 is 5.11 Å². The number of ketones is 1. The lowest BCUT2D eigenvalue weighted by Gasteiger charge is -2.11. The van der Waals surface area contributed by atoms with Crippen LogP contribution < -0.4 is 0 Å². The molecule has 1 aromatic carbocycles. The first-order chi connectivity index (χ1) is 6.68. The topological polar surface area (TPSA) is 54.4 Å². The van der Waals surface area contributed by atoms with Gasteiger partial charge in [-0.1, -0.05) is 24.3 Å². The number of carbonyl (C=O) groups excluding carboxylic acids is 1. The van der Waals surface area contributed by atoms with E-state index in [0.29, 0.717) is 11.1 Å². The van der Waals surface area contributed by atoms with E-state index in [1.807, 2.05) is 0 Å². The lowest BCUT2D eigenvalue weighted by molar-refractivity contribution is -0.132. The molecule has 0 heterocycles. The Morgan fingerprint density at radius 3 is 2.71 bits per heavy atom. The van der Waals surface area contributed by atoms with Gasteiger partial charge in [-0.2, -0.15) is 0 Å². The van der Waals surface area contributed by atoms with Crippen molar-refractivity contribution in [1.29, 1.82) is 0 Å². The molecule has 1 aliphatic rings.